The van der Waals surface area contributed by atoms with Gasteiger partial charge in [0.15, 0.2) is 0 Å². The van der Waals surface area contributed by atoms with E-state index in [-0.39, 0.29) is 23.6 Å². The van der Waals surface area contributed by atoms with Crippen molar-refractivity contribution in [1.29, 1.82) is 0 Å². The molecule has 5 aromatic rings. The molecule has 2 aliphatic rings. The number of halogens is 2. The molecule has 2 saturated heterocycles. The molecule has 0 spiro atoms. The summed E-state index contributed by atoms with van der Waals surface area (Å²) in [7, 11) is 1.60. The van der Waals surface area contributed by atoms with Crippen LogP contribution in [0.15, 0.2) is 77.9 Å². The standard InChI is InChI=1S/C38H38Cl2N6O4/c1-49-37-24(18-41-21-26-11-13-34(47)44-26)10-12-32(45-37)31-9-3-8-30(36(31)40)29-7-2-6-28(35(29)39)23-14-15-46-33(17-23)43-20-25(38(46)48)19-42-22-27-5-4-16-50-27/h2-3,6-10,12,14-15,17,20,26-27,41-42H,4-5,11,13,16,18-19,21-22H2,1H3,(H,44,47). The number of methoxy groups -OCH3 is 1. The summed E-state index contributed by atoms with van der Waals surface area (Å²) >= 11 is 14.2. The van der Waals surface area contributed by atoms with Crippen LogP contribution in [-0.4, -0.2) is 59.2 Å². The third-order valence-corrected chi connectivity index (χ3v) is 10.1. The number of pyridine rings is 2. The van der Waals surface area contributed by atoms with Crippen molar-refractivity contribution in [3.8, 4) is 39.4 Å². The van der Waals surface area contributed by atoms with Gasteiger partial charge in [-0.2, -0.15) is 0 Å². The third kappa shape index (κ3) is 7.26. The van der Waals surface area contributed by atoms with Crippen LogP contribution in [0.25, 0.3) is 39.2 Å². The van der Waals surface area contributed by atoms with Gasteiger partial charge in [0.05, 0.1) is 29.0 Å². The Balaban J connectivity index is 1.11. The molecule has 0 bridgehead atoms. The van der Waals surface area contributed by atoms with E-state index in [4.69, 9.17) is 37.7 Å². The maximum atomic E-state index is 13.2. The van der Waals surface area contributed by atoms with E-state index in [0.29, 0.717) is 65.4 Å². The first-order valence-corrected chi connectivity index (χ1v) is 17.6. The summed E-state index contributed by atoms with van der Waals surface area (Å²) in [6.07, 6.45) is 7.09. The van der Waals surface area contributed by atoms with Gasteiger partial charge in [-0.1, -0.05) is 65.7 Å². The molecule has 0 aliphatic carbocycles. The maximum Gasteiger partial charge on any atom is 0.262 e. The molecule has 5 heterocycles. The molecule has 0 saturated carbocycles. The third-order valence-electron chi connectivity index (χ3n) is 9.29. The molecule has 1 amide bonds. The molecule has 2 atom stereocenters. The number of carbonyl (C=O) groups is 1. The van der Waals surface area contributed by atoms with E-state index >= 15 is 0 Å². The topological polar surface area (TPSA) is 119 Å². The molecule has 2 aromatic carbocycles. The van der Waals surface area contributed by atoms with Crippen molar-refractivity contribution in [2.24, 2.45) is 0 Å². The normalized spacial score (nSPS) is 17.4. The molecule has 2 fully saturated rings. The summed E-state index contributed by atoms with van der Waals surface area (Å²) in [5, 5.41) is 10.7. The van der Waals surface area contributed by atoms with Crippen molar-refractivity contribution in [3.05, 3.63) is 105 Å². The molecule has 10 nitrogen and oxygen atoms in total. The maximum absolute atomic E-state index is 13.2. The van der Waals surface area contributed by atoms with Crippen LogP contribution >= 0.6 is 23.2 Å². The molecule has 3 aromatic heterocycles. The van der Waals surface area contributed by atoms with E-state index in [2.05, 4.69) is 20.9 Å². The highest BCUT2D eigenvalue weighted by atomic mass is 35.5. The largest absolute Gasteiger partial charge is 0.481 e. The second-order valence-corrected chi connectivity index (χ2v) is 13.4. The van der Waals surface area contributed by atoms with E-state index in [0.717, 1.165) is 59.3 Å². The van der Waals surface area contributed by atoms with Crippen LogP contribution in [0.5, 0.6) is 5.88 Å². The van der Waals surface area contributed by atoms with Crippen molar-refractivity contribution in [1.82, 2.24) is 30.3 Å². The van der Waals surface area contributed by atoms with Gasteiger partial charge in [-0.05, 0) is 43.0 Å². The summed E-state index contributed by atoms with van der Waals surface area (Å²) in [6.45, 7) is 3.16. The fraction of sp³-hybridized carbons (Fsp3) is 0.316. The molecule has 2 unspecified atom stereocenters. The lowest BCUT2D eigenvalue weighted by Gasteiger charge is -2.16. The molecule has 2 aliphatic heterocycles. The minimum Gasteiger partial charge on any atom is -0.481 e. The summed E-state index contributed by atoms with van der Waals surface area (Å²) in [5.74, 6) is 0.595. The lowest BCUT2D eigenvalue weighted by molar-refractivity contribution is -0.119. The van der Waals surface area contributed by atoms with Crippen LogP contribution in [-0.2, 0) is 22.6 Å². The number of carbonyl (C=O) groups excluding carboxylic acids is 1. The summed E-state index contributed by atoms with van der Waals surface area (Å²) in [4.78, 5) is 34.1. The molecule has 0 radical (unpaired) electrons. The van der Waals surface area contributed by atoms with Crippen LogP contribution in [0.3, 0.4) is 0 Å². The van der Waals surface area contributed by atoms with Gasteiger partial charge in [-0.3, -0.25) is 14.0 Å². The first-order valence-electron chi connectivity index (χ1n) is 16.8. The summed E-state index contributed by atoms with van der Waals surface area (Å²) in [6, 6.07) is 19.4. The Morgan fingerprint density at radius 1 is 0.920 bits per heavy atom. The van der Waals surface area contributed by atoms with Gasteiger partial charge in [0.2, 0.25) is 11.8 Å². The molecule has 258 valence electrons. The van der Waals surface area contributed by atoms with Crippen molar-refractivity contribution in [3.63, 3.8) is 0 Å². The Bertz CT molecular complexity index is 2100. The fourth-order valence-corrected chi connectivity index (χ4v) is 7.28. The predicted octanol–water partition coefficient (Wildman–Crippen LogP) is 6.04. The second-order valence-electron chi connectivity index (χ2n) is 12.6. The van der Waals surface area contributed by atoms with Crippen LogP contribution in [0, 0.1) is 0 Å². The van der Waals surface area contributed by atoms with Gasteiger partial charge >= 0.3 is 0 Å². The van der Waals surface area contributed by atoms with Crippen LogP contribution in [0.1, 0.15) is 36.8 Å². The molecule has 3 N–H and O–H groups in total. The quantitative estimate of drug-likeness (QED) is 0.143. The fourth-order valence-electron chi connectivity index (χ4n) is 6.62. The average Bonchev–Trinajstić information content (AvgIpc) is 3.81. The zero-order valence-electron chi connectivity index (χ0n) is 27.7. The number of fused-ring (bicyclic) bond motifs is 1. The monoisotopic (exact) mass is 712 g/mol. The highest BCUT2D eigenvalue weighted by Gasteiger charge is 2.21. The second kappa shape index (κ2) is 15.3. The molecule has 50 heavy (non-hydrogen) atoms. The van der Waals surface area contributed by atoms with E-state index < -0.39 is 0 Å². The van der Waals surface area contributed by atoms with E-state index in [1.807, 2.05) is 60.7 Å². The summed E-state index contributed by atoms with van der Waals surface area (Å²) < 4.78 is 12.9. The number of hydrogen-bond donors (Lipinski definition) is 3. The van der Waals surface area contributed by atoms with E-state index in [1.54, 1.807) is 23.9 Å². The Kier molecular flexibility index (Phi) is 10.4. The Labute approximate surface area is 300 Å². The lowest BCUT2D eigenvalue weighted by Crippen LogP contribution is -2.35. The van der Waals surface area contributed by atoms with Gasteiger partial charge in [0.25, 0.3) is 5.56 Å². The van der Waals surface area contributed by atoms with Crippen molar-refractivity contribution < 1.29 is 14.3 Å². The van der Waals surface area contributed by atoms with E-state index in [1.165, 1.54) is 0 Å². The van der Waals surface area contributed by atoms with Gasteiger partial charge in [0, 0.05) is 91.0 Å². The van der Waals surface area contributed by atoms with Crippen molar-refractivity contribution >= 4 is 34.8 Å². The van der Waals surface area contributed by atoms with Gasteiger partial charge < -0.3 is 25.4 Å². The highest BCUT2D eigenvalue weighted by molar-refractivity contribution is 6.39. The Hall–Kier alpha value is -4.32. The minimum absolute atomic E-state index is 0.0971. The number of ether oxygens (including phenoxy) is 2. The number of nitrogens with one attached hydrogen (secondary N) is 3. The predicted molar refractivity (Wildman–Crippen MR) is 196 cm³/mol. The van der Waals surface area contributed by atoms with E-state index in [9.17, 15) is 9.59 Å². The van der Waals surface area contributed by atoms with Gasteiger partial charge in [0.1, 0.15) is 5.65 Å². The number of nitrogens with zero attached hydrogens (tertiary/aromatic N) is 3. The smallest absolute Gasteiger partial charge is 0.262 e. The average molecular weight is 714 g/mol. The van der Waals surface area contributed by atoms with Crippen molar-refractivity contribution in [2.75, 3.05) is 26.8 Å². The number of hydrogen-bond acceptors (Lipinski definition) is 8. The zero-order valence-corrected chi connectivity index (χ0v) is 29.2. The first-order chi connectivity index (χ1) is 24.4. The Morgan fingerprint density at radius 3 is 2.40 bits per heavy atom. The van der Waals surface area contributed by atoms with Crippen LogP contribution < -0.4 is 26.2 Å². The number of amides is 1. The molecule has 12 heteroatoms. The minimum atomic E-state index is -0.113. The summed E-state index contributed by atoms with van der Waals surface area (Å²) in [5.41, 5.74) is 6.46. The van der Waals surface area contributed by atoms with Gasteiger partial charge in [-0.25, -0.2) is 9.97 Å². The first kappa shape index (κ1) is 34.1. The zero-order chi connectivity index (χ0) is 34.6. The van der Waals surface area contributed by atoms with Crippen molar-refractivity contribution in [2.45, 2.75) is 50.9 Å². The van der Waals surface area contributed by atoms with Gasteiger partial charge in [-0.15, -0.1) is 0 Å². The van der Waals surface area contributed by atoms with Crippen LogP contribution in [0.4, 0.5) is 0 Å². The Morgan fingerprint density at radius 2 is 1.66 bits per heavy atom. The molecular formula is C38H38Cl2N6O4. The number of aromatic nitrogens is 3. The highest BCUT2D eigenvalue weighted by Crippen LogP contribution is 2.42. The number of benzene rings is 2. The lowest BCUT2D eigenvalue weighted by atomic mass is 9.97. The molecule has 7 rings (SSSR count). The molecular weight excluding hydrogens is 675 g/mol. The SMILES string of the molecule is COc1nc(-c2cccc(-c3cccc(-c4ccn5c(=O)c(CNCC6CCCO6)cnc5c4)c3Cl)c2Cl)ccc1CNCC1CCC(=O)N1. The van der Waals surface area contributed by atoms with Crippen LogP contribution in [0.2, 0.25) is 10.0 Å². The number of rotatable bonds is 12.